The highest BCUT2D eigenvalue weighted by atomic mass is 16.5. The predicted octanol–water partition coefficient (Wildman–Crippen LogP) is 2.75. The van der Waals surface area contributed by atoms with Crippen LogP contribution in [0.25, 0.3) is 22.5 Å². The van der Waals surface area contributed by atoms with Crippen molar-refractivity contribution in [3.63, 3.8) is 0 Å². The van der Waals surface area contributed by atoms with Gasteiger partial charge in [-0.3, -0.25) is 13.9 Å². The van der Waals surface area contributed by atoms with E-state index in [1.165, 1.54) is 25.9 Å². The lowest BCUT2D eigenvalue weighted by Gasteiger charge is -2.13. The second kappa shape index (κ2) is 8.69. The number of methoxy groups -OCH3 is 3. The summed E-state index contributed by atoms with van der Waals surface area (Å²) >= 11 is 0. The van der Waals surface area contributed by atoms with Gasteiger partial charge in [-0.05, 0) is 44.5 Å². The molecular weight excluding hydrogens is 440 g/mol. The standard InChI is InChI=1S/C24H26N4O6/c1-12-8-13(2)25-21-19(12)23(29)28(24(30)27(21)4)11-16-14(3)34-22(26-16)15-9-17(31-5)20(33-7)18(10-15)32-6/h8-10H,11H2,1-7H3. The lowest BCUT2D eigenvalue weighted by molar-refractivity contribution is 0.324. The van der Waals surface area contributed by atoms with Crippen LogP contribution in [0.2, 0.25) is 0 Å². The molecule has 0 aliphatic heterocycles. The largest absolute Gasteiger partial charge is 0.493 e. The average molecular weight is 466 g/mol. The van der Waals surface area contributed by atoms with Crippen molar-refractivity contribution < 1.29 is 18.6 Å². The fourth-order valence-electron chi connectivity index (χ4n) is 4.01. The van der Waals surface area contributed by atoms with Gasteiger partial charge in [-0.25, -0.2) is 14.8 Å². The molecule has 3 heterocycles. The third kappa shape index (κ3) is 3.70. The molecule has 34 heavy (non-hydrogen) atoms. The van der Waals surface area contributed by atoms with E-state index in [2.05, 4.69) is 9.97 Å². The van der Waals surface area contributed by atoms with Gasteiger partial charge in [0.1, 0.15) is 17.1 Å². The minimum atomic E-state index is -0.480. The van der Waals surface area contributed by atoms with Crippen molar-refractivity contribution in [1.82, 2.24) is 19.1 Å². The first-order valence-corrected chi connectivity index (χ1v) is 10.5. The SMILES string of the molecule is COc1cc(-c2nc(Cn3c(=O)c4c(C)cc(C)nc4n(C)c3=O)c(C)o2)cc(OC)c1OC. The summed E-state index contributed by atoms with van der Waals surface area (Å²) in [7, 11) is 6.17. The Kier molecular flexibility index (Phi) is 5.90. The quantitative estimate of drug-likeness (QED) is 0.427. The Hall–Kier alpha value is -4.08. The lowest BCUT2D eigenvalue weighted by atomic mass is 10.1. The van der Waals surface area contributed by atoms with Crippen molar-refractivity contribution >= 4 is 11.0 Å². The molecule has 0 atom stereocenters. The number of aromatic nitrogens is 4. The molecule has 0 spiro atoms. The molecule has 0 fully saturated rings. The van der Waals surface area contributed by atoms with E-state index in [1.807, 2.05) is 19.9 Å². The topological polar surface area (TPSA) is 111 Å². The van der Waals surface area contributed by atoms with E-state index >= 15 is 0 Å². The van der Waals surface area contributed by atoms with Gasteiger partial charge in [0.05, 0.1) is 33.3 Å². The lowest BCUT2D eigenvalue weighted by Crippen LogP contribution is -2.40. The van der Waals surface area contributed by atoms with Crippen LogP contribution in [0.1, 0.15) is 22.7 Å². The van der Waals surface area contributed by atoms with E-state index in [0.29, 0.717) is 51.2 Å². The summed E-state index contributed by atoms with van der Waals surface area (Å²) in [6.45, 7) is 5.34. The molecule has 10 nitrogen and oxygen atoms in total. The number of hydrogen-bond donors (Lipinski definition) is 0. The van der Waals surface area contributed by atoms with Gasteiger partial charge in [0, 0.05) is 18.3 Å². The molecule has 0 aliphatic rings. The molecule has 0 saturated heterocycles. The highest BCUT2D eigenvalue weighted by molar-refractivity contribution is 5.78. The Balaban J connectivity index is 1.83. The number of rotatable bonds is 6. The molecular formula is C24H26N4O6. The second-order valence-electron chi connectivity index (χ2n) is 7.95. The molecule has 0 amide bonds. The molecule has 1 aromatic carbocycles. The number of ether oxygens (including phenoxy) is 3. The van der Waals surface area contributed by atoms with Crippen LogP contribution in [-0.2, 0) is 13.6 Å². The Morgan fingerprint density at radius 3 is 2.18 bits per heavy atom. The Morgan fingerprint density at radius 1 is 0.941 bits per heavy atom. The highest BCUT2D eigenvalue weighted by Crippen LogP contribution is 2.41. The minimum absolute atomic E-state index is 0.0471. The Labute approximate surface area is 195 Å². The average Bonchev–Trinajstić information content (AvgIpc) is 3.18. The number of aryl methyl sites for hydroxylation is 4. The molecule has 4 rings (SSSR count). The van der Waals surface area contributed by atoms with Crippen LogP contribution in [0, 0.1) is 20.8 Å². The van der Waals surface area contributed by atoms with Gasteiger partial charge in [-0.1, -0.05) is 0 Å². The maximum Gasteiger partial charge on any atom is 0.332 e. The van der Waals surface area contributed by atoms with Gasteiger partial charge in [-0.2, -0.15) is 0 Å². The highest BCUT2D eigenvalue weighted by Gasteiger charge is 2.21. The first-order chi connectivity index (χ1) is 16.2. The van der Waals surface area contributed by atoms with Crippen LogP contribution in [0.3, 0.4) is 0 Å². The van der Waals surface area contributed by atoms with E-state index in [1.54, 1.807) is 26.1 Å². The molecule has 10 heteroatoms. The summed E-state index contributed by atoms with van der Waals surface area (Å²) in [5, 5.41) is 0.402. The van der Waals surface area contributed by atoms with Crippen LogP contribution in [0.4, 0.5) is 0 Å². The maximum atomic E-state index is 13.3. The summed E-state index contributed by atoms with van der Waals surface area (Å²) in [5.74, 6) is 2.13. The van der Waals surface area contributed by atoms with Crippen LogP contribution in [0.15, 0.2) is 32.2 Å². The van der Waals surface area contributed by atoms with Crippen molar-refractivity contribution in [2.75, 3.05) is 21.3 Å². The number of nitrogens with zero attached hydrogens (tertiary/aromatic N) is 4. The van der Waals surface area contributed by atoms with Crippen molar-refractivity contribution in [3.8, 4) is 28.7 Å². The van der Waals surface area contributed by atoms with Gasteiger partial charge < -0.3 is 18.6 Å². The fraction of sp³-hybridized carbons (Fsp3) is 0.333. The van der Waals surface area contributed by atoms with Crippen LogP contribution < -0.4 is 25.5 Å². The van der Waals surface area contributed by atoms with E-state index < -0.39 is 11.2 Å². The number of benzene rings is 1. The summed E-state index contributed by atoms with van der Waals surface area (Å²) in [6, 6.07) is 5.26. The minimum Gasteiger partial charge on any atom is -0.493 e. The van der Waals surface area contributed by atoms with Gasteiger partial charge in [-0.15, -0.1) is 0 Å². The molecule has 0 radical (unpaired) electrons. The third-order valence-electron chi connectivity index (χ3n) is 5.73. The van der Waals surface area contributed by atoms with Crippen LogP contribution >= 0.6 is 0 Å². The first kappa shape index (κ1) is 23.1. The zero-order valence-corrected chi connectivity index (χ0v) is 20.2. The van der Waals surface area contributed by atoms with Gasteiger partial charge in [0.15, 0.2) is 11.5 Å². The van der Waals surface area contributed by atoms with E-state index in [9.17, 15) is 9.59 Å². The zero-order chi connectivity index (χ0) is 24.7. The van der Waals surface area contributed by atoms with Gasteiger partial charge in [0.25, 0.3) is 5.56 Å². The first-order valence-electron chi connectivity index (χ1n) is 10.5. The van der Waals surface area contributed by atoms with Crippen molar-refractivity contribution in [3.05, 3.63) is 61.7 Å². The predicted molar refractivity (Wildman–Crippen MR) is 126 cm³/mol. The molecule has 178 valence electrons. The van der Waals surface area contributed by atoms with Gasteiger partial charge >= 0.3 is 5.69 Å². The molecule has 0 N–H and O–H groups in total. The molecule has 0 aliphatic carbocycles. The normalized spacial score (nSPS) is 11.1. The summed E-state index contributed by atoms with van der Waals surface area (Å²) in [4.78, 5) is 35.3. The summed E-state index contributed by atoms with van der Waals surface area (Å²) in [5.41, 5.74) is 2.01. The second-order valence-corrected chi connectivity index (χ2v) is 7.95. The monoisotopic (exact) mass is 466 g/mol. The zero-order valence-electron chi connectivity index (χ0n) is 20.2. The molecule has 0 saturated carbocycles. The van der Waals surface area contributed by atoms with Crippen molar-refractivity contribution in [2.45, 2.75) is 27.3 Å². The number of oxazole rings is 1. The number of hydrogen-bond acceptors (Lipinski definition) is 8. The summed E-state index contributed by atoms with van der Waals surface area (Å²) < 4.78 is 24.6. The smallest absolute Gasteiger partial charge is 0.332 e. The number of fused-ring (bicyclic) bond motifs is 1. The molecule has 4 aromatic rings. The molecule has 0 bridgehead atoms. The fourth-order valence-corrected chi connectivity index (χ4v) is 4.01. The van der Waals surface area contributed by atoms with E-state index in [4.69, 9.17) is 18.6 Å². The van der Waals surface area contributed by atoms with E-state index in [0.717, 1.165) is 15.8 Å². The molecule has 0 unspecified atom stereocenters. The Bertz CT molecular complexity index is 1500. The third-order valence-corrected chi connectivity index (χ3v) is 5.73. The van der Waals surface area contributed by atoms with Crippen molar-refractivity contribution in [2.24, 2.45) is 7.05 Å². The van der Waals surface area contributed by atoms with Gasteiger partial charge in [0.2, 0.25) is 11.6 Å². The maximum absolute atomic E-state index is 13.3. The van der Waals surface area contributed by atoms with Crippen molar-refractivity contribution in [1.29, 1.82) is 0 Å². The number of pyridine rings is 1. The van der Waals surface area contributed by atoms with Crippen LogP contribution in [0.5, 0.6) is 17.2 Å². The Morgan fingerprint density at radius 2 is 1.59 bits per heavy atom. The summed E-state index contributed by atoms with van der Waals surface area (Å²) in [6.07, 6.45) is 0. The molecule has 3 aromatic heterocycles. The van der Waals surface area contributed by atoms with Crippen LogP contribution in [-0.4, -0.2) is 40.4 Å². The van der Waals surface area contributed by atoms with E-state index in [-0.39, 0.29) is 6.54 Å².